The SMILES string of the molecule is O=C(C=C1CCC(c2cc(F)ccc2F)(S(=O)(=O)c2ccc(Cl)cc2)CC1)N1CCC(O)CC1. The molecule has 5 nitrogen and oxygen atoms in total. The molecule has 2 fully saturated rings. The Bertz CT molecular complexity index is 1200. The molecule has 0 unspecified atom stereocenters. The van der Waals surface area contributed by atoms with Gasteiger partial charge in [0.15, 0.2) is 9.84 Å². The molecule has 0 atom stereocenters. The number of halogens is 3. The van der Waals surface area contributed by atoms with E-state index in [1.54, 1.807) is 4.90 Å². The third-order valence-electron chi connectivity index (χ3n) is 6.86. The second-order valence-corrected chi connectivity index (χ2v) is 11.6. The van der Waals surface area contributed by atoms with Crippen LogP contribution in [-0.4, -0.2) is 43.5 Å². The van der Waals surface area contributed by atoms with Gasteiger partial charge in [0.2, 0.25) is 5.91 Å². The Hall–Kier alpha value is -2.29. The maximum Gasteiger partial charge on any atom is 0.246 e. The van der Waals surface area contributed by atoms with Crippen molar-refractivity contribution in [1.29, 1.82) is 0 Å². The molecule has 1 aliphatic heterocycles. The molecule has 2 aromatic rings. The molecule has 0 radical (unpaired) electrons. The predicted octanol–water partition coefficient (Wildman–Crippen LogP) is 4.77. The van der Waals surface area contributed by atoms with E-state index in [-0.39, 0.29) is 42.0 Å². The van der Waals surface area contributed by atoms with Gasteiger partial charge in [-0.15, -0.1) is 0 Å². The number of carbonyl (C=O) groups excluding carboxylic acids is 1. The highest BCUT2D eigenvalue weighted by molar-refractivity contribution is 7.92. The lowest BCUT2D eigenvalue weighted by molar-refractivity contribution is -0.128. The number of rotatable bonds is 4. The number of amides is 1. The third-order valence-corrected chi connectivity index (χ3v) is 9.66. The highest BCUT2D eigenvalue weighted by Crippen LogP contribution is 2.49. The van der Waals surface area contributed by atoms with Crippen LogP contribution in [0.25, 0.3) is 0 Å². The molecule has 1 N–H and O–H groups in total. The first-order chi connectivity index (χ1) is 16.1. The number of aliphatic hydroxyl groups excluding tert-OH is 1. The smallest absolute Gasteiger partial charge is 0.246 e. The molecule has 1 saturated heterocycles. The van der Waals surface area contributed by atoms with Crippen molar-refractivity contribution in [3.63, 3.8) is 0 Å². The molecule has 182 valence electrons. The number of likely N-dealkylation sites (tertiary alicyclic amines) is 1. The number of piperidine rings is 1. The monoisotopic (exact) mass is 509 g/mol. The van der Waals surface area contributed by atoms with E-state index < -0.39 is 32.3 Å². The first kappa shape index (κ1) is 24.8. The van der Waals surface area contributed by atoms with Crippen molar-refractivity contribution in [3.05, 3.63) is 76.3 Å². The van der Waals surface area contributed by atoms with Crippen molar-refractivity contribution in [3.8, 4) is 0 Å². The molecule has 9 heteroatoms. The van der Waals surface area contributed by atoms with Crippen LogP contribution in [0.15, 0.2) is 59.0 Å². The van der Waals surface area contributed by atoms with Crippen molar-refractivity contribution < 1.29 is 27.1 Å². The predicted molar refractivity (Wildman–Crippen MR) is 125 cm³/mol. The van der Waals surface area contributed by atoms with E-state index in [1.165, 1.54) is 30.3 Å². The molecule has 0 bridgehead atoms. The number of hydrogen-bond donors (Lipinski definition) is 1. The Balaban J connectivity index is 1.67. The van der Waals surface area contributed by atoms with Gasteiger partial charge in [-0.3, -0.25) is 4.79 Å². The normalized spacial score (nSPS) is 22.0. The lowest BCUT2D eigenvalue weighted by Gasteiger charge is -2.38. The molecule has 1 saturated carbocycles. The zero-order chi connectivity index (χ0) is 24.5. The fraction of sp³-hybridized carbons (Fsp3) is 0.400. The van der Waals surface area contributed by atoms with Crippen LogP contribution < -0.4 is 0 Å². The summed E-state index contributed by atoms with van der Waals surface area (Å²) in [4.78, 5) is 14.3. The number of allylic oxidation sites excluding steroid dienone is 1. The van der Waals surface area contributed by atoms with E-state index in [9.17, 15) is 27.1 Å². The summed E-state index contributed by atoms with van der Waals surface area (Å²) in [6, 6.07) is 8.51. The molecular weight excluding hydrogens is 484 g/mol. The standard InChI is InChI=1S/C25H26ClF2NO4S/c26-18-1-4-21(5-2-18)34(32,33)25(22-16-19(27)3-6-23(22)28)11-7-17(8-12-25)15-24(31)29-13-9-20(30)10-14-29/h1-6,15-16,20,30H,7-14H2. The molecule has 4 rings (SSSR count). The zero-order valence-corrected chi connectivity index (χ0v) is 20.1. The van der Waals surface area contributed by atoms with Crippen molar-refractivity contribution in [2.75, 3.05) is 13.1 Å². The van der Waals surface area contributed by atoms with Gasteiger partial charge in [-0.1, -0.05) is 17.2 Å². The second-order valence-electron chi connectivity index (χ2n) is 8.93. The Morgan fingerprint density at radius 1 is 1.06 bits per heavy atom. The van der Waals surface area contributed by atoms with Gasteiger partial charge in [0.1, 0.15) is 16.4 Å². The molecule has 1 amide bonds. The summed E-state index contributed by atoms with van der Waals surface area (Å²) in [5.41, 5.74) is 0.577. The summed E-state index contributed by atoms with van der Waals surface area (Å²) in [5, 5.41) is 10.0. The summed E-state index contributed by atoms with van der Waals surface area (Å²) < 4.78 is 55.1. The van der Waals surface area contributed by atoms with Crippen LogP contribution in [0.2, 0.25) is 5.02 Å². The van der Waals surface area contributed by atoms with Crippen LogP contribution in [0.4, 0.5) is 8.78 Å². The lowest BCUT2D eigenvalue weighted by atomic mass is 9.80. The fourth-order valence-corrected chi connectivity index (χ4v) is 7.10. The van der Waals surface area contributed by atoms with E-state index in [1.807, 2.05) is 0 Å². The number of hydrogen-bond acceptors (Lipinski definition) is 4. The second kappa shape index (κ2) is 9.76. The summed E-state index contributed by atoms with van der Waals surface area (Å²) in [7, 11) is -4.13. The first-order valence-corrected chi connectivity index (χ1v) is 13.1. The Morgan fingerprint density at radius 3 is 2.29 bits per heavy atom. The fourth-order valence-electron chi connectivity index (χ4n) is 4.84. The van der Waals surface area contributed by atoms with Crippen LogP contribution in [0, 0.1) is 11.6 Å². The molecule has 1 heterocycles. The molecule has 34 heavy (non-hydrogen) atoms. The molecule has 2 aliphatic rings. The van der Waals surface area contributed by atoms with Crippen LogP contribution in [-0.2, 0) is 19.4 Å². The van der Waals surface area contributed by atoms with Crippen LogP contribution in [0.5, 0.6) is 0 Å². The summed E-state index contributed by atoms with van der Waals surface area (Å²) in [6.07, 6.45) is 2.71. The Kier molecular flexibility index (Phi) is 7.12. The maximum atomic E-state index is 14.9. The van der Waals surface area contributed by atoms with Gasteiger partial charge >= 0.3 is 0 Å². The van der Waals surface area contributed by atoms with E-state index >= 15 is 0 Å². The number of carbonyl (C=O) groups is 1. The largest absolute Gasteiger partial charge is 0.393 e. The third kappa shape index (κ3) is 4.76. The van der Waals surface area contributed by atoms with E-state index in [4.69, 9.17) is 11.6 Å². The van der Waals surface area contributed by atoms with Crippen molar-refractivity contribution in [2.45, 2.75) is 54.3 Å². The Labute approximate surface area is 203 Å². The summed E-state index contributed by atoms with van der Waals surface area (Å²) >= 11 is 5.92. The summed E-state index contributed by atoms with van der Waals surface area (Å²) in [5.74, 6) is -1.67. The first-order valence-electron chi connectivity index (χ1n) is 11.2. The number of nitrogens with zero attached hydrogens (tertiary/aromatic N) is 1. The highest BCUT2D eigenvalue weighted by atomic mass is 35.5. The maximum absolute atomic E-state index is 14.9. The van der Waals surface area contributed by atoms with Gasteiger partial charge in [-0.05, 0) is 81.0 Å². The molecule has 0 spiro atoms. The number of aliphatic hydroxyl groups is 1. The van der Waals surface area contributed by atoms with Gasteiger partial charge in [0.05, 0.1) is 11.0 Å². The molecular formula is C25H26ClF2NO4S. The van der Waals surface area contributed by atoms with Gasteiger partial charge < -0.3 is 10.0 Å². The Morgan fingerprint density at radius 2 is 1.68 bits per heavy atom. The van der Waals surface area contributed by atoms with Crippen LogP contribution >= 0.6 is 11.6 Å². The van der Waals surface area contributed by atoms with Crippen LogP contribution in [0.3, 0.4) is 0 Å². The summed E-state index contributed by atoms with van der Waals surface area (Å²) in [6.45, 7) is 0.931. The highest BCUT2D eigenvalue weighted by Gasteiger charge is 2.49. The number of benzene rings is 2. The lowest BCUT2D eigenvalue weighted by Crippen LogP contribution is -2.40. The minimum atomic E-state index is -4.13. The van der Waals surface area contributed by atoms with Gasteiger partial charge in [0, 0.05) is 29.8 Å². The van der Waals surface area contributed by atoms with Crippen molar-refractivity contribution in [2.24, 2.45) is 0 Å². The van der Waals surface area contributed by atoms with Gasteiger partial charge in [0.25, 0.3) is 0 Å². The quantitative estimate of drug-likeness (QED) is 0.602. The molecule has 1 aliphatic carbocycles. The average molecular weight is 510 g/mol. The van der Waals surface area contributed by atoms with E-state index in [2.05, 4.69) is 0 Å². The minimum Gasteiger partial charge on any atom is -0.393 e. The topological polar surface area (TPSA) is 74.7 Å². The minimum absolute atomic E-state index is 0.0101. The zero-order valence-electron chi connectivity index (χ0n) is 18.5. The van der Waals surface area contributed by atoms with E-state index in [0.717, 1.165) is 23.8 Å². The van der Waals surface area contributed by atoms with Crippen molar-refractivity contribution in [1.82, 2.24) is 4.90 Å². The molecule has 0 aromatic heterocycles. The number of sulfone groups is 1. The van der Waals surface area contributed by atoms with Gasteiger partial charge in [-0.25, -0.2) is 17.2 Å². The van der Waals surface area contributed by atoms with Crippen LogP contribution in [0.1, 0.15) is 44.1 Å². The van der Waals surface area contributed by atoms with Crippen molar-refractivity contribution >= 4 is 27.3 Å². The molecule has 2 aromatic carbocycles. The average Bonchev–Trinajstić information content (AvgIpc) is 2.82. The van der Waals surface area contributed by atoms with E-state index in [0.29, 0.717) is 31.0 Å². The van der Waals surface area contributed by atoms with Gasteiger partial charge in [-0.2, -0.15) is 0 Å².